The number of benzene rings is 3. The van der Waals surface area contributed by atoms with Gasteiger partial charge in [-0.2, -0.15) is 0 Å². The van der Waals surface area contributed by atoms with Crippen molar-refractivity contribution in [2.75, 3.05) is 11.8 Å². The topological polar surface area (TPSA) is 73.2 Å². The highest BCUT2D eigenvalue weighted by Gasteiger charge is 2.20. The Morgan fingerprint density at radius 3 is 2.39 bits per heavy atom. The number of nitrogens with one attached hydrogen (secondary N) is 1. The van der Waals surface area contributed by atoms with E-state index in [2.05, 4.69) is 9.71 Å². The molecule has 0 saturated heterocycles. The highest BCUT2D eigenvalue weighted by atomic mass is 32.2. The molecule has 8 heteroatoms. The van der Waals surface area contributed by atoms with Crippen LogP contribution in [0.15, 0.2) is 65.8 Å². The summed E-state index contributed by atoms with van der Waals surface area (Å²) in [5.41, 5.74) is 4.58. The summed E-state index contributed by atoms with van der Waals surface area (Å²) in [5.74, 6) is 0.286. The minimum atomic E-state index is -3.90. The second kappa shape index (κ2) is 8.03. The molecule has 31 heavy (non-hydrogen) atoms. The summed E-state index contributed by atoms with van der Waals surface area (Å²) in [5, 5.41) is 0. The zero-order chi connectivity index (χ0) is 22.2. The number of fused-ring (bicyclic) bond motifs is 1. The summed E-state index contributed by atoms with van der Waals surface area (Å²) in [6.07, 6.45) is 1.70. The summed E-state index contributed by atoms with van der Waals surface area (Å²) in [7, 11) is -2.27. The number of aromatic nitrogens is 2. The predicted octanol–water partition coefficient (Wildman–Crippen LogP) is 4.65. The fourth-order valence-corrected chi connectivity index (χ4v) is 4.54. The number of hydrogen-bond donors (Lipinski definition) is 1. The van der Waals surface area contributed by atoms with Gasteiger partial charge in [-0.05, 0) is 73.0 Å². The number of rotatable bonds is 6. The molecule has 0 aliphatic heterocycles. The van der Waals surface area contributed by atoms with Gasteiger partial charge in [-0.3, -0.25) is 4.72 Å². The lowest BCUT2D eigenvalue weighted by Gasteiger charge is -2.14. The van der Waals surface area contributed by atoms with Crippen LogP contribution < -0.4 is 9.46 Å². The fraction of sp³-hybridized carbons (Fsp3) is 0.174. The van der Waals surface area contributed by atoms with E-state index in [0.717, 1.165) is 40.1 Å². The molecule has 0 saturated carbocycles. The monoisotopic (exact) mass is 439 g/mol. The number of sulfonamides is 1. The standard InChI is InChI=1S/C23H22FN3O3S/c1-15-12-21-23(25-14-27(21)13-17-4-8-19(30-3)9-5-17)22(16(15)2)26-31(28,29)20-10-6-18(24)7-11-20/h4-12,14,26H,13H2,1-3H3. The SMILES string of the molecule is COc1ccc(Cn2cnc3c(NS(=O)(=O)c4ccc(F)cc4)c(C)c(C)cc32)cc1. The van der Waals surface area contributed by atoms with Crippen molar-refractivity contribution in [3.8, 4) is 5.75 Å². The average Bonchev–Trinajstić information content (AvgIpc) is 3.14. The molecule has 1 heterocycles. The van der Waals surface area contributed by atoms with E-state index in [-0.39, 0.29) is 4.90 Å². The van der Waals surface area contributed by atoms with Crippen LogP contribution in [0.4, 0.5) is 10.1 Å². The normalized spacial score (nSPS) is 11.6. The molecule has 0 aliphatic rings. The average molecular weight is 440 g/mol. The first-order chi connectivity index (χ1) is 14.8. The molecule has 1 aromatic heterocycles. The van der Waals surface area contributed by atoms with Crippen LogP contribution in [0.3, 0.4) is 0 Å². The Morgan fingerprint density at radius 1 is 1.06 bits per heavy atom. The van der Waals surface area contributed by atoms with Crippen molar-refractivity contribution in [2.45, 2.75) is 25.3 Å². The molecule has 0 spiro atoms. The van der Waals surface area contributed by atoms with E-state index in [4.69, 9.17) is 4.74 Å². The predicted molar refractivity (Wildman–Crippen MR) is 119 cm³/mol. The summed E-state index contributed by atoms with van der Waals surface area (Å²) in [6.45, 7) is 4.35. The number of nitrogens with zero attached hydrogens (tertiary/aromatic N) is 2. The molecule has 4 aromatic rings. The first-order valence-corrected chi connectivity index (χ1v) is 11.1. The molecule has 0 fully saturated rings. The van der Waals surface area contributed by atoms with Crippen LogP contribution in [-0.2, 0) is 16.6 Å². The maximum Gasteiger partial charge on any atom is 0.261 e. The molecule has 0 unspecified atom stereocenters. The van der Waals surface area contributed by atoms with Gasteiger partial charge in [0.1, 0.15) is 17.1 Å². The molecule has 6 nitrogen and oxygen atoms in total. The number of methoxy groups -OCH3 is 1. The Labute approximate surface area is 180 Å². The lowest BCUT2D eigenvalue weighted by molar-refractivity contribution is 0.414. The highest BCUT2D eigenvalue weighted by molar-refractivity contribution is 7.92. The van der Waals surface area contributed by atoms with E-state index in [9.17, 15) is 12.8 Å². The molecule has 0 bridgehead atoms. The molecule has 0 amide bonds. The number of ether oxygens (including phenoxy) is 1. The number of halogens is 1. The number of hydrogen-bond acceptors (Lipinski definition) is 4. The van der Waals surface area contributed by atoms with Crippen LogP contribution in [0.1, 0.15) is 16.7 Å². The Bertz CT molecular complexity index is 1350. The Balaban J connectivity index is 1.74. The Hall–Kier alpha value is -3.39. The Kier molecular flexibility index (Phi) is 5.41. The van der Waals surface area contributed by atoms with Crippen molar-refractivity contribution in [3.63, 3.8) is 0 Å². The van der Waals surface area contributed by atoms with Gasteiger partial charge in [-0.15, -0.1) is 0 Å². The molecule has 1 N–H and O–H groups in total. The van der Waals surface area contributed by atoms with Crippen LogP contribution in [-0.4, -0.2) is 25.1 Å². The minimum absolute atomic E-state index is 0.0133. The molecule has 0 atom stereocenters. The number of aryl methyl sites for hydroxylation is 1. The van der Waals surface area contributed by atoms with E-state index in [1.54, 1.807) is 13.4 Å². The van der Waals surface area contributed by atoms with Crippen molar-refractivity contribution in [2.24, 2.45) is 0 Å². The van der Waals surface area contributed by atoms with Gasteiger partial charge in [0.25, 0.3) is 10.0 Å². The smallest absolute Gasteiger partial charge is 0.261 e. The zero-order valence-corrected chi connectivity index (χ0v) is 18.2. The maximum atomic E-state index is 13.2. The van der Waals surface area contributed by atoms with Crippen LogP contribution in [0.2, 0.25) is 0 Å². The molecule has 0 aliphatic carbocycles. The minimum Gasteiger partial charge on any atom is -0.497 e. The fourth-order valence-electron chi connectivity index (χ4n) is 3.41. The van der Waals surface area contributed by atoms with Gasteiger partial charge in [0.15, 0.2) is 0 Å². The summed E-state index contributed by atoms with van der Waals surface area (Å²) in [6, 6.07) is 14.5. The summed E-state index contributed by atoms with van der Waals surface area (Å²) < 4.78 is 48.8. The van der Waals surface area contributed by atoms with E-state index in [1.165, 1.54) is 12.1 Å². The quantitative estimate of drug-likeness (QED) is 0.475. The van der Waals surface area contributed by atoms with E-state index >= 15 is 0 Å². The second-order valence-corrected chi connectivity index (χ2v) is 9.02. The largest absolute Gasteiger partial charge is 0.497 e. The molecule has 0 radical (unpaired) electrons. The van der Waals surface area contributed by atoms with Gasteiger partial charge in [0, 0.05) is 6.54 Å². The summed E-state index contributed by atoms with van der Waals surface area (Å²) in [4.78, 5) is 4.48. The van der Waals surface area contributed by atoms with Crippen LogP contribution in [0, 0.1) is 19.7 Å². The van der Waals surface area contributed by atoms with Crippen LogP contribution >= 0.6 is 0 Å². The third-order valence-corrected chi connectivity index (χ3v) is 6.67. The maximum absolute atomic E-state index is 13.2. The second-order valence-electron chi connectivity index (χ2n) is 7.34. The van der Waals surface area contributed by atoms with Gasteiger partial charge >= 0.3 is 0 Å². The highest BCUT2D eigenvalue weighted by Crippen LogP contribution is 2.31. The van der Waals surface area contributed by atoms with Gasteiger partial charge in [-0.1, -0.05) is 12.1 Å². The molecular formula is C23H22FN3O3S. The van der Waals surface area contributed by atoms with Crippen molar-refractivity contribution < 1.29 is 17.5 Å². The first kappa shape index (κ1) is 20.9. The molecule has 4 rings (SSSR count). The van der Waals surface area contributed by atoms with Gasteiger partial charge in [0.05, 0.1) is 29.5 Å². The van der Waals surface area contributed by atoms with Gasteiger partial charge < -0.3 is 9.30 Å². The van der Waals surface area contributed by atoms with E-state index in [1.807, 2.05) is 48.7 Å². The summed E-state index contributed by atoms with van der Waals surface area (Å²) >= 11 is 0. The lowest BCUT2D eigenvalue weighted by atomic mass is 10.1. The molecular weight excluding hydrogens is 417 g/mol. The van der Waals surface area contributed by atoms with Crippen molar-refractivity contribution >= 4 is 26.7 Å². The number of imidazole rings is 1. The first-order valence-electron chi connectivity index (χ1n) is 9.65. The van der Waals surface area contributed by atoms with Crippen LogP contribution in [0.5, 0.6) is 5.75 Å². The van der Waals surface area contributed by atoms with Crippen molar-refractivity contribution in [1.29, 1.82) is 0 Å². The van der Waals surface area contributed by atoms with E-state index < -0.39 is 15.8 Å². The van der Waals surface area contributed by atoms with E-state index in [0.29, 0.717) is 17.7 Å². The third-order valence-electron chi connectivity index (χ3n) is 5.31. The van der Waals surface area contributed by atoms with Crippen LogP contribution in [0.25, 0.3) is 11.0 Å². The molecule has 3 aromatic carbocycles. The van der Waals surface area contributed by atoms with Crippen molar-refractivity contribution in [3.05, 3.63) is 83.4 Å². The van der Waals surface area contributed by atoms with Gasteiger partial charge in [0.2, 0.25) is 0 Å². The lowest BCUT2D eigenvalue weighted by Crippen LogP contribution is -2.14. The zero-order valence-electron chi connectivity index (χ0n) is 17.4. The third kappa shape index (κ3) is 4.11. The Morgan fingerprint density at radius 2 is 1.74 bits per heavy atom. The molecule has 160 valence electrons. The van der Waals surface area contributed by atoms with Gasteiger partial charge in [-0.25, -0.2) is 17.8 Å². The number of anilines is 1. The van der Waals surface area contributed by atoms with Crippen molar-refractivity contribution in [1.82, 2.24) is 9.55 Å².